The van der Waals surface area contributed by atoms with Crippen LogP contribution >= 0.6 is 0 Å². The van der Waals surface area contributed by atoms with Crippen molar-refractivity contribution in [2.75, 3.05) is 13.1 Å². The van der Waals surface area contributed by atoms with Gasteiger partial charge in [-0.05, 0) is 31.8 Å². The van der Waals surface area contributed by atoms with Crippen LogP contribution in [0.1, 0.15) is 19.8 Å². The molecule has 1 unspecified atom stereocenters. The van der Waals surface area contributed by atoms with E-state index in [-0.39, 0.29) is 11.8 Å². The molecule has 3 heteroatoms. The van der Waals surface area contributed by atoms with Crippen molar-refractivity contribution in [2.45, 2.75) is 19.8 Å². The van der Waals surface area contributed by atoms with E-state index in [0.717, 1.165) is 19.5 Å². The molecule has 1 saturated heterocycles. The molecular weight excluding hydrogens is 140 g/mol. The molecule has 1 aliphatic heterocycles. The summed E-state index contributed by atoms with van der Waals surface area (Å²) in [5.41, 5.74) is 5.20. The summed E-state index contributed by atoms with van der Waals surface area (Å²) in [6, 6.07) is 0. The SMILES string of the molecule is CC(C(N)=O)[C@@H]1CCCNC1. The highest BCUT2D eigenvalue weighted by atomic mass is 16.1. The van der Waals surface area contributed by atoms with Crippen molar-refractivity contribution in [3.05, 3.63) is 0 Å². The standard InChI is InChI=1S/C8H16N2O/c1-6(8(9)11)7-3-2-4-10-5-7/h6-7,10H,2-5H2,1H3,(H2,9,11)/t6?,7-/m1/s1. The zero-order valence-corrected chi connectivity index (χ0v) is 6.97. The molecular formula is C8H16N2O. The number of nitrogens with one attached hydrogen (secondary N) is 1. The molecule has 2 atom stereocenters. The Morgan fingerprint density at radius 3 is 2.91 bits per heavy atom. The van der Waals surface area contributed by atoms with Gasteiger partial charge < -0.3 is 11.1 Å². The average molecular weight is 156 g/mol. The highest BCUT2D eigenvalue weighted by molar-refractivity contribution is 5.76. The zero-order valence-electron chi connectivity index (χ0n) is 6.97. The molecule has 0 saturated carbocycles. The topological polar surface area (TPSA) is 55.1 Å². The van der Waals surface area contributed by atoms with E-state index in [0.29, 0.717) is 5.92 Å². The molecule has 1 amide bonds. The lowest BCUT2D eigenvalue weighted by Gasteiger charge is -2.26. The fraction of sp³-hybridized carbons (Fsp3) is 0.875. The summed E-state index contributed by atoms with van der Waals surface area (Å²) in [7, 11) is 0. The minimum absolute atomic E-state index is 0.0304. The van der Waals surface area contributed by atoms with Gasteiger partial charge in [0.25, 0.3) is 0 Å². The Morgan fingerprint density at radius 2 is 2.45 bits per heavy atom. The Morgan fingerprint density at radius 1 is 1.73 bits per heavy atom. The first kappa shape index (κ1) is 8.53. The molecule has 1 fully saturated rings. The van der Waals surface area contributed by atoms with Crippen LogP contribution in [0.2, 0.25) is 0 Å². The Bertz CT molecular complexity index is 141. The van der Waals surface area contributed by atoms with E-state index in [4.69, 9.17) is 5.73 Å². The molecule has 3 nitrogen and oxygen atoms in total. The maximum Gasteiger partial charge on any atom is 0.220 e. The number of carbonyl (C=O) groups excluding carboxylic acids is 1. The van der Waals surface area contributed by atoms with Crippen LogP contribution in [-0.4, -0.2) is 19.0 Å². The van der Waals surface area contributed by atoms with Crippen LogP contribution in [0.25, 0.3) is 0 Å². The number of primary amides is 1. The van der Waals surface area contributed by atoms with Gasteiger partial charge >= 0.3 is 0 Å². The van der Waals surface area contributed by atoms with Gasteiger partial charge in [0.15, 0.2) is 0 Å². The van der Waals surface area contributed by atoms with Gasteiger partial charge in [-0.25, -0.2) is 0 Å². The van der Waals surface area contributed by atoms with Crippen molar-refractivity contribution >= 4 is 5.91 Å². The molecule has 0 spiro atoms. The number of piperidine rings is 1. The largest absolute Gasteiger partial charge is 0.369 e. The van der Waals surface area contributed by atoms with Gasteiger partial charge in [-0.3, -0.25) is 4.79 Å². The summed E-state index contributed by atoms with van der Waals surface area (Å²) in [6.07, 6.45) is 2.30. The molecule has 1 heterocycles. The Labute approximate surface area is 67.3 Å². The van der Waals surface area contributed by atoms with E-state index < -0.39 is 0 Å². The molecule has 0 bridgehead atoms. The van der Waals surface area contributed by atoms with Crippen LogP contribution < -0.4 is 11.1 Å². The molecule has 1 rings (SSSR count). The van der Waals surface area contributed by atoms with E-state index in [2.05, 4.69) is 5.32 Å². The number of amides is 1. The summed E-state index contributed by atoms with van der Waals surface area (Å²) in [5.74, 6) is 0.322. The first-order valence-corrected chi connectivity index (χ1v) is 4.22. The molecule has 3 N–H and O–H groups in total. The molecule has 64 valence electrons. The average Bonchev–Trinajstić information content (AvgIpc) is 2.05. The van der Waals surface area contributed by atoms with Crippen molar-refractivity contribution < 1.29 is 4.79 Å². The van der Waals surface area contributed by atoms with Crippen LogP contribution in [0.5, 0.6) is 0 Å². The second-order valence-electron chi connectivity index (χ2n) is 3.30. The van der Waals surface area contributed by atoms with Gasteiger partial charge in [-0.2, -0.15) is 0 Å². The summed E-state index contributed by atoms with van der Waals surface area (Å²) >= 11 is 0. The number of rotatable bonds is 2. The van der Waals surface area contributed by atoms with E-state index in [1.807, 2.05) is 6.92 Å². The van der Waals surface area contributed by atoms with Crippen molar-refractivity contribution in [3.63, 3.8) is 0 Å². The maximum absolute atomic E-state index is 10.8. The van der Waals surface area contributed by atoms with Crippen LogP contribution in [0.3, 0.4) is 0 Å². The highest BCUT2D eigenvalue weighted by Crippen LogP contribution is 2.18. The summed E-state index contributed by atoms with van der Waals surface area (Å²) in [5, 5.41) is 3.26. The Hall–Kier alpha value is -0.570. The third kappa shape index (κ3) is 2.19. The molecule has 0 aliphatic carbocycles. The van der Waals surface area contributed by atoms with E-state index in [1.54, 1.807) is 0 Å². The Kier molecular flexibility index (Phi) is 2.88. The van der Waals surface area contributed by atoms with Gasteiger partial charge in [0.05, 0.1) is 0 Å². The number of hydrogen-bond donors (Lipinski definition) is 2. The van der Waals surface area contributed by atoms with E-state index >= 15 is 0 Å². The first-order valence-electron chi connectivity index (χ1n) is 4.22. The van der Waals surface area contributed by atoms with E-state index in [9.17, 15) is 4.79 Å². The molecule has 0 aromatic heterocycles. The molecule has 0 aromatic rings. The van der Waals surface area contributed by atoms with Crippen molar-refractivity contribution in [1.82, 2.24) is 5.32 Å². The van der Waals surface area contributed by atoms with Crippen LogP contribution in [-0.2, 0) is 4.79 Å². The van der Waals surface area contributed by atoms with Gasteiger partial charge in [0.1, 0.15) is 0 Å². The van der Waals surface area contributed by atoms with Gasteiger partial charge in [0, 0.05) is 5.92 Å². The lowest BCUT2D eigenvalue weighted by Crippen LogP contribution is -2.38. The fourth-order valence-corrected chi connectivity index (χ4v) is 1.54. The molecule has 11 heavy (non-hydrogen) atoms. The number of carbonyl (C=O) groups is 1. The van der Waals surface area contributed by atoms with Gasteiger partial charge in [0.2, 0.25) is 5.91 Å². The zero-order chi connectivity index (χ0) is 8.27. The third-order valence-corrected chi connectivity index (χ3v) is 2.49. The maximum atomic E-state index is 10.8. The molecule has 0 aromatic carbocycles. The van der Waals surface area contributed by atoms with Gasteiger partial charge in [-0.1, -0.05) is 6.92 Å². The fourth-order valence-electron chi connectivity index (χ4n) is 1.54. The Balaban J connectivity index is 2.38. The normalized spacial score (nSPS) is 27.9. The van der Waals surface area contributed by atoms with Crippen LogP contribution in [0, 0.1) is 11.8 Å². The number of nitrogens with two attached hydrogens (primary N) is 1. The first-order chi connectivity index (χ1) is 5.22. The lowest BCUT2D eigenvalue weighted by atomic mass is 9.87. The summed E-state index contributed by atoms with van der Waals surface area (Å²) < 4.78 is 0. The minimum Gasteiger partial charge on any atom is -0.369 e. The molecule has 0 radical (unpaired) electrons. The van der Waals surface area contributed by atoms with Gasteiger partial charge in [-0.15, -0.1) is 0 Å². The summed E-state index contributed by atoms with van der Waals surface area (Å²) in [4.78, 5) is 10.8. The van der Waals surface area contributed by atoms with Crippen molar-refractivity contribution in [1.29, 1.82) is 0 Å². The quantitative estimate of drug-likeness (QED) is 0.596. The number of hydrogen-bond acceptors (Lipinski definition) is 2. The third-order valence-electron chi connectivity index (χ3n) is 2.49. The second-order valence-corrected chi connectivity index (χ2v) is 3.30. The minimum atomic E-state index is -0.168. The predicted molar refractivity (Wildman–Crippen MR) is 44.0 cm³/mol. The highest BCUT2D eigenvalue weighted by Gasteiger charge is 2.23. The molecule has 1 aliphatic rings. The van der Waals surface area contributed by atoms with Crippen LogP contribution in [0.4, 0.5) is 0 Å². The predicted octanol–water partition coefficient (Wildman–Crippen LogP) is 0.107. The summed E-state index contributed by atoms with van der Waals surface area (Å²) in [6.45, 7) is 3.95. The lowest BCUT2D eigenvalue weighted by molar-refractivity contribution is -0.123. The van der Waals surface area contributed by atoms with E-state index in [1.165, 1.54) is 6.42 Å². The van der Waals surface area contributed by atoms with Crippen molar-refractivity contribution in [3.8, 4) is 0 Å². The van der Waals surface area contributed by atoms with Crippen LogP contribution in [0.15, 0.2) is 0 Å². The monoisotopic (exact) mass is 156 g/mol. The smallest absolute Gasteiger partial charge is 0.220 e. The second kappa shape index (κ2) is 3.72. The van der Waals surface area contributed by atoms with Crippen molar-refractivity contribution in [2.24, 2.45) is 17.6 Å².